The van der Waals surface area contributed by atoms with Crippen LogP contribution in [0.2, 0.25) is 5.02 Å². The van der Waals surface area contributed by atoms with E-state index in [1.807, 2.05) is 24.3 Å². The molecule has 0 atom stereocenters. The van der Waals surface area contributed by atoms with Gasteiger partial charge in [-0.05, 0) is 6.42 Å². The van der Waals surface area contributed by atoms with Crippen LogP contribution in [0, 0.1) is 0 Å². The van der Waals surface area contributed by atoms with Gasteiger partial charge in [-0.2, -0.15) is 0 Å². The van der Waals surface area contributed by atoms with Crippen molar-refractivity contribution >= 4 is 22.4 Å². The van der Waals surface area contributed by atoms with E-state index in [1.165, 1.54) is 19.3 Å². The SMILES string of the molecule is CCCCCCOc1cc(Cl)c(O)c2ccccc12. The van der Waals surface area contributed by atoms with Gasteiger partial charge in [-0.25, -0.2) is 0 Å². The second kappa shape index (κ2) is 6.67. The maximum absolute atomic E-state index is 9.94. The van der Waals surface area contributed by atoms with Crippen molar-refractivity contribution < 1.29 is 9.84 Å². The first-order chi connectivity index (χ1) is 9.24. The molecular weight excluding hydrogens is 260 g/mol. The molecule has 0 heterocycles. The van der Waals surface area contributed by atoms with E-state index < -0.39 is 0 Å². The third kappa shape index (κ3) is 3.32. The number of rotatable bonds is 6. The Morgan fingerprint density at radius 1 is 1.11 bits per heavy atom. The fraction of sp³-hybridized carbons (Fsp3) is 0.375. The van der Waals surface area contributed by atoms with Gasteiger partial charge in [0.1, 0.15) is 11.5 Å². The highest BCUT2D eigenvalue weighted by Crippen LogP contribution is 2.38. The number of phenolic OH excluding ortho intramolecular Hbond substituents is 1. The van der Waals surface area contributed by atoms with Crippen molar-refractivity contribution in [2.24, 2.45) is 0 Å². The molecule has 102 valence electrons. The van der Waals surface area contributed by atoms with Crippen LogP contribution in [-0.2, 0) is 0 Å². The molecule has 2 aromatic rings. The summed E-state index contributed by atoms with van der Waals surface area (Å²) in [5.41, 5.74) is 0. The third-order valence-electron chi connectivity index (χ3n) is 3.19. The molecule has 0 bridgehead atoms. The monoisotopic (exact) mass is 278 g/mol. The Balaban J connectivity index is 2.16. The fourth-order valence-corrected chi connectivity index (χ4v) is 2.33. The van der Waals surface area contributed by atoms with Crippen LogP contribution in [0.1, 0.15) is 32.6 Å². The van der Waals surface area contributed by atoms with Gasteiger partial charge in [-0.1, -0.05) is 62.1 Å². The summed E-state index contributed by atoms with van der Waals surface area (Å²) in [6.07, 6.45) is 4.68. The van der Waals surface area contributed by atoms with E-state index in [4.69, 9.17) is 16.3 Å². The Hall–Kier alpha value is -1.41. The molecule has 3 heteroatoms. The summed E-state index contributed by atoms with van der Waals surface area (Å²) in [5.74, 6) is 0.866. The number of ether oxygens (including phenoxy) is 1. The van der Waals surface area contributed by atoms with Crippen LogP contribution >= 0.6 is 11.6 Å². The lowest BCUT2D eigenvalue weighted by Crippen LogP contribution is -1.98. The van der Waals surface area contributed by atoms with Crippen LogP contribution in [-0.4, -0.2) is 11.7 Å². The Bertz CT molecular complexity index is 552. The van der Waals surface area contributed by atoms with Crippen molar-refractivity contribution in [2.75, 3.05) is 6.61 Å². The second-order valence-electron chi connectivity index (χ2n) is 4.66. The molecule has 0 aliphatic rings. The zero-order valence-corrected chi connectivity index (χ0v) is 11.9. The fourth-order valence-electron chi connectivity index (χ4n) is 2.12. The molecule has 0 radical (unpaired) electrons. The molecule has 1 N–H and O–H groups in total. The van der Waals surface area contributed by atoms with Crippen molar-refractivity contribution in [3.63, 3.8) is 0 Å². The Morgan fingerprint density at radius 2 is 1.84 bits per heavy atom. The number of fused-ring (bicyclic) bond motifs is 1. The number of unbranched alkanes of at least 4 members (excludes halogenated alkanes) is 3. The molecule has 0 saturated heterocycles. The predicted octanol–water partition coefficient (Wildman–Crippen LogP) is 5.16. The Labute approximate surface area is 119 Å². The molecule has 2 nitrogen and oxygen atoms in total. The number of hydrogen-bond acceptors (Lipinski definition) is 2. The Kier molecular flexibility index (Phi) is 4.92. The summed E-state index contributed by atoms with van der Waals surface area (Å²) < 4.78 is 5.81. The van der Waals surface area contributed by atoms with Crippen LogP contribution < -0.4 is 4.74 Å². The minimum Gasteiger partial charge on any atom is -0.506 e. The van der Waals surface area contributed by atoms with Gasteiger partial charge in [0.05, 0.1) is 11.6 Å². The summed E-state index contributed by atoms with van der Waals surface area (Å²) in [4.78, 5) is 0. The second-order valence-corrected chi connectivity index (χ2v) is 5.07. The lowest BCUT2D eigenvalue weighted by atomic mass is 10.1. The van der Waals surface area contributed by atoms with Gasteiger partial charge in [-0.15, -0.1) is 0 Å². The van der Waals surface area contributed by atoms with Gasteiger partial charge in [0.15, 0.2) is 0 Å². The van der Waals surface area contributed by atoms with E-state index in [0.717, 1.165) is 22.9 Å². The molecule has 19 heavy (non-hydrogen) atoms. The van der Waals surface area contributed by atoms with Crippen molar-refractivity contribution in [3.8, 4) is 11.5 Å². The molecule has 2 aromatic carbocycles. The topological polar surface area (TPSA) is 29.5 Å². The Morgan fingerprint density at radius 3 is 2.58 bits per heavy atom. The van der Waals surface area contributed by atoms with Gasteiger partial charge in [-0.3, -0.25) is 0 Å². The lowest BCUT2D eigenvalue weighted by Gasteiger charge is -2.11. The van der Waals surface area contributed by atoms with Gasteiger partial charge in [0, 0.05) is 16.8 Å². The van der Waals surface area contributed by atoms with Crippen molar-refractivity contribution in [3.05, 3.63) is 35.4 Å². The van der Waals surface area contributed by atoms with Crippen LogP contribution in [0.4, 0.5) is 0 Å². The summed E-state index contributed by atoms with van der Waals surface area (Å²) in [5, 5.41) is 11.9. The maximum atomic E-state index is 9.94. The number of hydrogen-bond donors (Lipinski definition) is 1. The number of halogens is 1. The number of phenols is 1. The van der Waals surface area contributed by atoms with E-state index in [2.05, 4.69) is 6.92 Å². The lowest BCUT2D eigenvalue weighted by molar-refractivity contribution is 0.308. The highest BCUT2D eigenvalue weighted by molar-refractivity contribution is 6.33. The van der Waals surface area contributed by atoms with Crippen LogP contribution in [0.5, 0.6) is 11.5 Å². The first-order valence-electron chi connectivity index (χ1n) is 6.77. The first-order valence-corrected chi connectivity index (χ1v) is 7.15. The van der Waals surface area contributed by atoms with E-state index in [0.29, 0.717) is 11.6 Å². The minimum atomic E-state index is 0.121. The predicted molar refractivity (Wildman–Crippen MR) is 80.3 cm³/mol. The molecule has 0 unspecified atom stereocenters. The number of aromatic hydroxyl groups is 1. The van der Waals surface area contributed by atoms with Crippen LogP contribution in [0.15, 0.2) is 30.3 Å². The van der Waals surface area contributed by atoms with Crippen LogP contribution in [0.3, 0.4) is 0 Å². The largest absolute Gasteiger partial charge is 0.506 e. The van der Waals surface area contributed by atoms with Crippen molar-refractivity contribution in [2.45, 2.75) is 32.6 Å². The molecule has 0 aromatic heterocycles. The number of benzene rings is 2. The first kappa shape index (κ1) is 14.0. The quantitative estimate of drug-likeness (QED) is 0.740. The average molecular weight is 279 g/mol. The summed E-state index contributed by atoms with van der Waals surface area (Å²) in [6, 6.07) is 9.29. The molecule has 2 rings (SSSR count). The average Bonchev–Trinajstić information content (AvgIpc) is 2.44. The summed E-state index contributed by atoms with van der Waals surface area (Å²) in [6.45, 7) is 2.87. The van der Waals surface area contributed by atoms with Crippen molar-refractivity contribution in [1.82, 2.24) is 0 Å². The zero-order chi connectivity index (χ0) is 13.7. The smallest absolute Gasteiger partial charge is 0.142 e. The standard InChI is InChI=1S/C16H19ClO2/c1-2-3-4-7-10-19-15-11-14(17)16(18)13-9-6-5-8-12(13)15/h5-6,8-9,11,18H,2-4,7,10H2,1H3. The summed E-state index contributed by atoms with van der Waals surface area (Å²) in [7, 11) is 0. The van der Waals surface area contributed by atoms with Gasteiger partial charge < -0.3 is 9.84 Å². The van der Waals surface area contributed by atoms with E-state index >= 15 is 0 Å². The minimum absolute atomic E-state index is 0.121. The van der Waals surface area contributed by atoms with E-state index in [9.17, 15) is 5.11 Å². The maximum Gasteiger partial charge on any atom is 0.142 e. The van der Waals surface area contributed by atoms with Gasteiger partial charge in [0.25, 0.3) is 0 Å². The molecular formula is C16H19ClO2. The molecule has 0 spiro atoms. The molecule has 0 saturated carbocycles. The van der Waals surface area contributed by atoms with Crippen molar-refractivity contribution in [1.29, 1.82) is 0 Å². The molecule has 0 amide bonds. The highest BCUT2D eigenvalue weighted by atomic mass is 35.5. The molecule has 0 aliphatic heterocycles. The zero-order valence-electron chi connectivity index (χ0n) is 11.2. The third-order valence-corrected chi connectivity index (χ3v) is 3.48. The van der Waals surface area contributed by atoms with Crippen LogP contribution in [0.25, 0.3) is 10.8 Å². The normalized spacial score (nSPS) is 10.8. The molecule has 0 aliphatic carbocycles. The summed E-state index contributed by atoms with van der Waals surface area (Å²) >= 11 is 6.03. The van der Waals surface area contributed by atoms with E-state index in [-0.39, 0.29) is 5.75 Å². The van der Waals surface area contributed by atoms with Gasteiger partial charge >= 0.3 is 0 Å². The van der Waals surface area contributed by atoms with E-state index in [1.54, 1.807) is 6.07 Å². The highest BCUT2D eigenvalue weighted by Gasteiger charge is 2.10. The van der Waals surface area contributed by atoms with Gasteiger partial charge in [0.2, 0.25) is 0 Å². The molecule has 0 fully saturated rings.